The molecule has 0 unspecified atom stereocenters. The summed E-state index contributed by atoms with van der Waals surface area (Å²) in [5.41, 5.74) is 1.27. The first-order valence-corrected chi connectivity index (χ1v) is 5.49. The molecule has 1 rings (SSSR count). The number of nitrogens with zero attached hydrogens (tertiary/aromatic N) is 1. The quantitative estimate of drug-likeness (QED) is 0.550. The molecule has 0 heterocycles. The van der Waals surface area contributed by atoms with E-state index in [0.717, 1.165) is 24.3 Å². The SMILES string of the molecule is COc1cccc(CCCSC#N)c1. The molecule has 2 nitrogen and oxygen atoms in total. The zero-order valence-corrected chi connectivity index (χ0v) is 9.01. The monoisotopic (exact) mass is 207 g/mol. The Kier molecular flexibility index (Phi) is 4.95. The fourth-order valence-electron chi connectivity index (χ4n) is 1.22. The van der Waals surface area contributed by atoms with Gasteiger partial charge in [0.25, 0.3) is 0 Å². The molecule has 0 aliphatic carbocycles. The van der Waals surface area contributed by atoms with Crippen molar-refractivity contribution >= 4 is 11.8 Å². The summed E-state index contributed by atoms with van der Waals surface area (Å²) in [5, 5.41) is 10.4. The van der Waals surface area contributed by atoms with Crippen LogP contribution >= 0.6 is 11.8 Å². The molecule has 1 aromatic rings. The van der Waals surface area contributed by atoms with Gasteiger partial charge in [-0.3, -0.25) is 0 Å². The molecule has 0 aromatic heterocycles. The summed E-state index contributed by atoms with van der Waals surface area (Å²) >= 11 is 1.31. The number of benzene rings is 1. The fraction of sp³-hybridized carbons (Fsp3) is 0.364. The molecule has 1 aromatic carbocycles. The number of hydrogen-bond acceptors (Lipinski definition) is 3. The van der Waals surface area contributed by atoms with E-state index in [2.05, 4.69) is 11.5 Å². The highest BCUT2D eigenvalue weighted by atomic mass is 32.2. The highest BCUT2D eigenvalue weighted by Gasteiger charge is 1.95. The van der Waals surface area contributed by atoms with Crippen molar-refractivity contribution in [2.45, 2.75) is 12.8 Å². The van der Waals surface area contributed by atoms with E-state index in [1.807, 2.05) is 18.2 Å². The van der Waals surface area contributed by atoms with Gasteiger partial charge in [0.15, 0.2) is 0 Å². The van der Waals surface area contributed by atoms with Crippen LogP contribution in [0, 0.1) is 10.7 Å². The maximum absolute atomic E-state index is 8.34. The van der Waals surface area contributed by atoms with Crippen LogP contribution in [-0.2, 0) is 6.42 Å². The summed E-state index contributed by atoms with van der Waals surface area (Å²) in [6, 6.07) is 8.05. The summed E-state index contributed by atoms with van der Waals surface area (Å²) in [6.45, 7) is 0. The van der Waals surface area contributed by atoms with Crippen molar-refractivity contribution < 1.29 is 4.74 Å². The number of rotatable bonds is 5. The highest BCUT2D eigenvalue weighted by Crippen LogP contribution is 2.14. The Bertz CT molecular complexity index is 319. The van der Waals surface area contributed by atoms with Gasteiger partial charge in [0.1, 0.15) is 11.2 Å². The average Bonchev–Trinajstić information content (AvgIpc) is 2.25. The molecule has 0 fully saturated rings. The number of hydrogen-bond donors (Lipinski definition) is 0. The van der Waals surface area contributed by atoms with Gasteiger partial charge in [-0.1, -0.05) is 12.1 Å². The van der Waals surface area contributed by atoms with Crippen LogP contribution in [0.2, 0.25) is 0 Å². The first-order chi connectivity index (χ1) is 6.86. The Morgan fingerprint density at radius 2 is 2.36 bits per heavy atom. The summed E-state index contributed by atoms with van der Waals surface area (Å²) in [4.78, 5) is 0. The fourth-order valence-corrected chi connectivity index (χ4v) is 1.60. The lowest BCUT2D eigenvalue weighted by Crippen LogP contribution is -1.89. The van der Waals surface area contributed by atoms with Crippen molar-refractivity contribution in [1.82, 2.24) is 0 Å². The molecular formula is C11H13NOS. The van der Waals surface area contributed by atoms with Crippen molar-refractivity contribution in [3.8, 4) is 11.2 Å². The van der Waals surface area contributed by atoms with E-state index in [0.29, 0.717) is 0 Å². The second kappa shape index (κ2) is 6.33. The molecule has 0 N–H and O–H groups in total. The predicted octanol–water partition coefficient (Wildman–Crippen LogP) is 2.84. The molecule has 0 saturated heterocycles. The first kappa shape index (κ1) is 10.9. The topological polar surface area (TPSA) is 33.0 Å². The molecule has 0 radical (unpaired) electrons. The summed E-state index contributed by atoms with van der Waals surface area (Å²) in [6.07, 6.45) is 2.04. The largest absolute Gasteiger partial charge is 0.497 e. The van der Waals surface area contributed by atoms with Crippen molar-refractivity contribution in [2.75, 3.05) is 12.9 Å². The van der Waals surface area contributed by atoms with Crippen LogP contribution in [0.15, 0.2) is 24.3 Å². The number of thioether (sulfide) groups is 1. The van der Waals surface area contributed by atoms with Crippen LogP contribution in [0.5, 0.6) is 5.75 Å². The van der Waals surface area contributed by atoms with E-state index in [9.17, 15) is 0 Å². The molecule has 3 heteroatoms. The van der Waals surface area contributed by atoms with Gasteiger partial charge < -0.3 is 4.74 Å². The third kappa shape index (κ3) is 3.71. The summed E-state index contributed by atoms with van der Waals surface area (Å²) in [7, 11) is 1.67. The van der Waals surface area contributed by atoms with Gasteiger partial charge >= 0.3 is 0 Å². The Hall–Kier alpha value is -1.14. The zero-order valence-electron chi connectivity index (χ0n) is 8.19. The maximum atomic E-state index is 8.34. The molecule has 0 amide bonds. The third-order valence-corrected chi connectivity index (χ3v) is 2.53. The van der Waals surface area contributed by atoms with Crippen molar-refractivity contribution in [2.24, 2.45) is 0 Å². The van der Waals surface area contributed by atoms with Gasteiger partial charge in [-0.2, -0.15) is 5.26 Å². The van der Waals surface area contributed by atoms with E-state index >= 15 is 0 Å². The molecule has 0 atom stereocenters. The molecular weight excluding hydrogens is 194 g/mol. The van der Waals surface area contributed by atoms with Gasteiger partial charge in [0, 0.05) is 5.75 Å². The van der Waals surface area contributed by atoms with Crippen molar-refractivity contribution in [3.05, 3.63) is 29.8 Å². The van der Waals surface area contributed by atoms with E-state index in [1.165, 1.54) is 17.3 Å². The first-order valence-electron chi connectivity index (χ1n) is 4.50. The van der Waals surface area contributed by atoms with Crippen LogP contribution in [0.25, 0.3) is 0 Å². The molecule has 74 valence electrons. The number of thiocyanates is 1. The highest BCUT2D eigenvalue weighted by molar-refractivity contribution is 8.03. The van der Waals surface area contributed by atoms with Crippen LogP contribution in [0.1, 0.15) is 12.0 Å². The standard InChI is InChI=1S/C11H13NOS/c1-13-11-6-2-4-10(8-11)5-3-7-14-9-12/h2,4,6,8H,3,5,7H2,1H3. The predicted molar refractivity (Wildman–Crippen MR) is 59.4 cm³/mol. The lowest BCUT2D eigenvalue weighted by Gasteiger charge is -2.03. The van der Waals surface area contributed by atoms with Crippen molar-refractivity contribution in [1.29, 1.82) is 5.26 Å². The Balaban J connectivity index is 2.39. The summed E-state index contributed by atoms with van der Waals surface area (Å²) < 4.78 is 5.12. The lowest BCUT2D eigenvalue weighted by atomic mass is 10.1. The minimum Gasteiger partial charge on any atom is -0.497 e. The normalized spacial score (nSPS) is 9.43. The molecule has 0 saturated carbocycles. The molecule has 0 aliphatic rings. The maximum Gasteiger partial charge on any atom is 0.133 e. The number of methoxy groups -OCH3 is 1. The molecule has 14 heavy (non-hydrogen) atoms. The minimum absolute atomic E-state index is 0.897. The van der Waals surface area contributed by atoms with Gasteiger partial charge in [0.05, 0.1) is 7.11 Å². The van der Waals surface area contributed by atoms with Crippen LogP contribution in [0.4, 0.5) is 0 Å². The van der Waals surface area contributed by atoms with Crippen LogP contribution in [0.3, 0.4) is 0 Å². The summed E-state index contributed by atoms with van der Waals surface area (Å²) in [5.74, 6) is 1.80. The van der Waals surface area contributed by atoms with Gasteiger partial charge in [-0.05, 0) is 42.3 Å². The smallest absolute Gasteiger partial charge is 0.133 e. The average molecular weight is 207 g/mol. The Labute approximate surface area is 88.9 Å². The van der Waals surface area contributed by atoms with Gasteiger partial charge in [0.2, 0.25) is 0 Å². The molecule has 0 bridgehead atoms. The van der Waals surface area contributed by atoms with Crippen LogP contribution < -0.4 is 4.74 Å². The Morgan fingerprint density at radius 3 is 3.07 bits per heavy atom. The number of ether oxygens (including phenoxy) is 1. The number of nitriles is 1. The molecule has 0 spiro atoms. The Morgan fingerprint density at radius 1 is 1.50 bits per heavy atom. The van der Waals surface area contributed by atoms with E-state index in [-0.39, 0.29) is 0 Å². The lowest BCUT2D eigenvalue weighted by molar-refractivity contribution is 0.414. The second-order valence-corrected chi connectivity index (χ2v) is 3.77. The third-order valence-electron chi connectivity index (χ3n) is 1.91. The minimum atomic E-state index is 0.897. The van der Waals surface area contributed by atoms with E-state index in [1.54, 1.807) is 7.11 Å². The van der Waals surface area contributed by atoms with Gasteiger partial charge in [-0.25, -0.2) is 0 Å². The number of aryl methyl sites for hydroxylation is 1. The van der Waals surface area contributed by atoms with E-state index in [4.69, 9.17) is 10.00 Å². The molecule has 0 aliphatic heterocycles. The second-order valence-electron chi connectivity index (χ2n) is 2.89. The van der Waals surface area contributed by atoms with Crippen LogP contribution in [-0.4, -0.2) is 12.9 Å². The van der Waals surface area contributed by atoms with E-state index < -0.39 is 0 Å². The van der Waals surface area contributed by atoms with Crippen molar-refractivity contribution in [3.63, 3.8) is 0 Å². The zero-order chi connectivity index (χ0) is 10.2. The van der Waals surface area contributed by atoms with Gasteiger partial charge in [-0.15, -0.1) is 0 Å².